The summed E-state index contributed by atoms with van der Waals surface area (Å²) < 4.78 is 5.63. The van der Waals surface area contributed by atoms with Gasteiger partial charge in [-0.15, -0.1) is 23.5 Å². The van der Waals surface area contributed by atoms with Crippen molar-refractivity contribution in [3.8, 4) is 17.6 Å². The Morgan fingerprint density at radius 3 is 2.17 bits per heavy atom. The summed E-state index contributed by atoms with van der Waals surface area (Å²) in [7, 11) is 1.67. The van der Waals surface area contributed by atoms with Crippen LogP contribution in [0.25, 0.3) is 0 Å². The second-order valence-corrected chi connectivity index (χ2v) is 7.87. The lowest BCUT2D eigenvalue weighted by Gasteiger charge is -2.16. The van der Waals surface area contributed by atoms with E-state index < -0.39 is 0 Å². The van der Waals surface area contributed by atoms with Crippen LogP contribution in [0.3, 0.4) is 0 Å². The zero-order valence-electron chi connectivity index (χ0n) is 13.8. The Balaban J connectivity index is 2.27. The molecule has 0 radical (unpaired) electrons. The average Bonchev–Trinajstić information content (AvgIpc) is 2.60. The van der Waals surface area contributed by atoms with Crippen LogP contribution >= 0.6 is 23.5 Å². The highest BCUT2D eigenvalue weighted by molar-refractivity contribution is 8.16. The van der Waals surface area contributed by atoms with Gasteiger partial charge >= 0.3 is 0 Å². The molecule has 0 amide bonds. The molecule has 0 aromatic heterocycles. The Kier molecular flexibility index (Phi) is 7.45. The van der Waals surface area contributed by atoms with Gasteiger partial charge < -0.3 is 4.74 Å². The van der Waals surface area contributed by atoms with Gasteiger partial charge in [0.15, 0.2) is 0 Å². The summed E-state index contributed by atoms with van der Waals surface area (Å²) in [5, 5.41) is 0. The Labute approximate surface area is 148 Å². The van der Waals surface area contributed by atoms with Gasteiger partial charge in [0.25, 0.3) is 0 Å². The largest absolute Gasteiger partial charge is 0.497 e. The molecule has 23 heavy (non-hydrogen) atoms. The smallest absolute Gasteiger partial charge is 0.118 e. The van der Waals surface area contributed by atoms with Crippen molar-refractivity contribution < 1.29 is 4.74 Å². The third-order valence-electron chi connectivity index (χ3n) is 3.28. The minimum Gasteiger partial charge on any atom is -0.497 e. The molecule has 0 heterocycles. The highest BCUT2D eigenvalue weighted by Gasteiger charge is 2.13. The maximum absolute atomic E-state index is 5.18. The summed E-state index contributed by atoms with van der Waals surface area (Å²) in [4.78, 5) is 0. The van der Waals surface area contributed by atoms with E-state index in [0.717, 1.165) is 28.4 Å². The van der Waals surface area contributed by atoms with Gasteiger partial charge in [0, 0.05) is 11.1 Å². The Morgan fingerprint density at radius 2 is 1.57 bits per heavy atom. The van der Waals surface area contributed by atoms with Crippen LogP contribution in [-0.2, 0) is 0 Å². The van der Waals surface area contributed by atoms with Crippen molar-refractivity contribution in [2.45, 2.75) is 18.4 Å². The summed E-state index contributed by atoms with van der Waals surface area (Å²) in [6.45, 7) is 4.42. The minimum absolute atomic E-state index is 0.450. The molecule has 0 atom stereocenters. The van der Waals surface area contributed by atoms with Crippen LogP contribution in [0.1, 0.15) is 35.1 Å². The van der Waals surface area contributed by atoms with E-state index in [4.69, 9.17) is 4.74 Å². The van der Waals surface area contributed by atoms with Crippen LogP contribution in [0.4, 0.5) is 0 Å². The number of benzene rings is 2. The van der Waals surface area contributed by atoms with E-state index in [0.29, 0.717) is 4.58 Å². The lowest BCUT2D eigenvalue weighted by atomic mass is 10.1. The molecule has 0 N–H and O–H groups in total. The van der Waals surface area contributed by atoms with Crippen molar-refractivity contribution in [1.29, 1.82) is 0 Å². The van der Waals surface area contributed by atoms with Crippen molar-refractivity contribution >= 4 is 23.5 Å². The summed E-state index contributed by atoms with van der Waals surface area (Å²) in [6.07, 6.45) is 0. The van der Waals surface area contributed by atoms with E-state index >= 15 is 0 Å². The molecule has 0 aliphatic rings. The summed E-state index contributed by atoms with van der Waals surface area (Å²) in [5.74, 6) is 9.69. The van der Waals surface area contributed by atoms with Crippen molar-refractivity contribution in [2.24, 2.45) is 0 Å². The first-order valence-corrected chi connectivity index (χ1v) is 9.86. The standard InChI is InChI=1S/C20H22OS2/c1-4-22-20(23-5-2)19-9-7-6-8-17(19)13-10-16-11-14-18(21-3)15-12-16/h6-9,11-12,14-15,20H,4-5H2,1-3H3. The third kappa shape index (κ3) is 5.27. The van der Waals surface area contributed by atoms with E-state index in [-0.39, 0.29) is 0 Å². The third-order valence-corrected chi connectivity index (χ3v) is 5.88. The predicted octanol–water partition coefficient (Wildman–Crippen LogP) is 5.60. The summed E-state index contributed by atoms with van der Waals surface area (Å²) in [5.41, 5.74) is 3.45. The van der Waals surface area contributed by atoms with E-state index in [1.54, 1.807) is 7.11 Å². The SMILES string of the molecule is CCSC(SCC)c1ccccc1C#Cc1ccc(OC)cc1. The molecule has 2 aromatic carbocycles. The van der Waals surface area contributed by atoms with Gasteiger partial charge in [0.1, 0.15) is 5.75 Å². The predicted molar refractivity (Wildman–Crippen MR) is 104 cm³/mol. The Morgan fingerprint density at radius 1 is 0.913 bits per heavy atom. The van der Waals surface area contributed by atoms with Crippen LogP contribution < -0.4 is 4.74 Å². The van der Waals surface area contributed by atoms with Crippen LogP contribution in [0, 0.1) is 11.8 Å². The molecule has 1 nitrogen and oxygen atoms in total. The lowest BCUT2D eigenvalue weighted by molar-refractivity contribution is 0.415. The molecule has 0 spiro atoms. The van der Waals surface area contributed by atoms with E-state index in [1.165, 1.54) is 5.56 Å². The number of rotatable bonds is 6. The molecular formula is C20H22OS2. The number of hydrogen-bond acceptors (Lipinski definition) is 3. The Bertz CT molecular complexity index is 662. The molecule has 0 saturated heterocycles. The molecule has 0 aliphatic heterocycles. The van der Waals surface area contributed by atoms with Gasteiger partial charge in [-0.25, -0.2) is 0 Å². The van der Waals surface area contributed by atoms with Gasteiger partial charge in [0.2, 0.25) is 0 Å². The average molecular weight is 343 g/mol. The highest BCUT2D eigenvalue weighted by Crippen LogP contribution is 2.40. The van der Waals surface area contributed by atoms with Crippen molar-refractivity contribution in [3.63, 3.8) is 0 Å². The fraction of sp³-hybridized carbons (Fsp3) is 0.300. The van der Waals surface area contributed by atoms with Crippen LogP contribution in [0.15, 0.2) is 48.5 Å². The monoisotopic (exact) mass is 342 g/mol. The zero-order valence-corrected chi connectivity index (χ0v) is 15.5. The van der Waals surface area contributed by atoms with Gasteiger partial charge in [-0.2, -0.15) is 0 Å². The molecule has 2 aromatic rings. The molecular weight excluding hydrogens is 320 g/mol. The van der Waals surface area contributed by atoms with E-state index in [9.17, 15) is 0 Å². The van der Waals surface area contributed by atoms with Crippen molar-refractivity contribution in [2.75, 3.05) is 18.6 Å². The molecule has 3 heteroatoms. The van der Waals surface area contributed by atoms with Gasteiger partial charge in [0.05, 0.1) is 11.7 Å². The highest BCUT2D eigenvalue weighted by atomic mass is 32.2. The van der Waals surface area contributed by atoms with Crippen LogP contribution in [0.5, 0.6) is 5.75 Å². The van der Waals surface area contributed by atoms with E-state index in [2.05, 4.69) is 50.0 Å². The number of methoxy groups -OCH3 is 1. The lowest BCUT2D eigenvalue weighted by Crippen LogP contribution is -1.95. The fourth-order valence-corrected chi connectivity index (χ4v) is 4.74. The zero-order chi connectivity index (χ0) is 16.5. The quantitative estimate of drug-likeness (QED) is 0.499. The minimum atomic E-state index is 0.450. The number of hydrogen-bond donors (Lipinski definition) is 0. The number of thioether (sulfide) groups is 2. The molecule has 0 bridgehead atoms. The maximum atomic E-state index is 5.18. The normalized spacial score (nSPS) is 10.3. The second kappa shape index (κ2) is 9.60. The van der Waals surface area contributed by atoms with Crippen LogP contribution in [-0.4, -0.2) is 18.6 Å². The first kappa shape index (κ1) is 17.8. The first-order valence-electron chi connectivity index (χ1n) is 7.76. The van der Waals surface area contributed by atoms with Crippen LogP contribution in [0.2, 0.25) is 0 Å². The molecule has 0 aliphatic carbocycles. The van der Waals surface area contributed by atoms with Gasteiger partial charge in [-0.1, -0.05) is 43.9 Å². The van der Waals surface area contributed by atoms with E-state index in [1.807, 2.05) is 47.8 Å². The topological polar surface area (TPSA) is 9.23 Å². The second-order valence-electron chi connectivity index (χ2n) is 4.81. The fourth-order valence-electron chi connectivity index (χ4n) is 2.16. The van der Waals surface area contributed by atoms with Gasteiger partial charge in [-0.05, 0) is 47.4 Å². The Hall–Kier alpha value is -1.50. The van der Waals surface area contributed by atoms with Gasteiger partial charge in [-0.3, -0.25) is 0 Å². The van der Waals surface area contributed by atoms with Crippen molar-refractivity contribution in [1.82, 2.24) is 0 Å². The molecule has 0 unspecified atom stereocenters. The summed E-state index contributed by atoms with van der Waals surface area (Å²) >= 11 is 3.95. The molecule has 0 fully saturated rings. The maximum Gasteiger partial charge on any atom is 0.118 e. The molecule has 120 valence electrons. The van der Waals surface area contributed by atoms with Crippen molar-refractivity contribution in [3.05, 3.63) is 65.2 Å². The first-order chi connectivity index (χ1) is 11.3. The molecule has 2 rings (SSSR count). The number of ether oxygens (including phenoxy) is 1. The summed E-state index contributed by atoms with van der Waals surface area (Å²) in [6, 6.07) is 16.4. The molecule has 0 saturated carbocycles.